The molecule has 3 aromatic heterocycles. The van der Waals surface area contributed by atoms with Crippen molar-refractivity contribution in [3.63, 3.8) is 0 Å². The number of likely N-dealkylation sites (tertiary alicyclic amines) is 1. The van der Waals surface area contributed by atoms with E-state index in [2.05, 4.69) is 16.8 Å². The van der Waals surface area contributed by atoms with Gasteiger partial charge in [0.15, 0.2) is 17.7 Å². The van der Waals surface area contributed by atoms with Crippen LogP contribution in [-0.4, -0.2) is 56.1 Å². The lowest BCUT2D eigenvalue weighted by molar-refractivity contribution is 0.0598. The first-order valence-electron chi connectivity index (χ1n) is 11.2. The Morgan fingerprint density at radius 3 is 2.94 bits per heavy atom. The Hall–Kier alpha value is -2.94. The molecule has 2 aliphatic heterocycles. The van der Waals surface area contributed by atoms with E-state index in [0.717, 1.165) is 61.5 Å². The minimum atomic E-state index is -0.0895. The number of aromatic nitrogens is 4. The molecule has 5 rings (SSSR count). The highest BCUT2D eigenvalue weighted by molar-refractivity contribution is 5.93. The predicted octanol–water partition coefficient (Wildman–Crippen LogP) is 2.49. The maximum absolute atomic E-state index is 13.3. The summed E-state index contributed by atoms with van der Waals surface area (Å²) in [6, 6.07) is 2.12. The number of nitrogens with two attached hydrogens (primary N) is 1. The molecule has 0 aromatic carbocycles. The van der Waals surface area contributed by atoms with Gasteiger partial charge in [-0.2, -0.15) is 5.10 Å². The Kier molecular flexibility index (Phi) is 5.13. The number of fused-ring (bicyclic) bond motifs is 1. The second kappa shape index (κ2) is 7.96. The third-order valence-electron chi connectivity index (χ3n) is 6.42. The number of rotatable bonds is 4. The third-order valence-corrected chi connectivity index (χ3v) is 6.42. The fourth-order valence-corrected chi connectivity index (χ4v) is 4.80. The number of hydrogen-bond donors (Lipinski definition) is 1. The number of hydrogen-bond acceptors (Lipinski definition) is 7. The number of amides is 1. The number of nitrogens with zero attached hydrogens (tertiary/aromatic N) is 6. The van der Waals surface area contributed by atoms with E-state index < -0.39 is 0 Å². The van der Waals surface area contributed by atoms with Gasteiger partial charge in [0.1, 0.15) is 11.6 Å². The fourth-order valence-electron chi connectivity index (χ4n) is 4.80. The summed E-state index contributed by atoms with van der Waals surface area (Å²) in [6.07, 6.45) is 7.91. The molecule has 2 fully saturated rings. The molecule has 9 nitrogen and oxygen atoms in total. The molecule has 3 aromatic rings. The second-order valence-electron chi connectivity index (χ2n) is 8.60. The molecule has 0 unspecified atom stereocenters. The van der Waals surface area contributed by atoms with Crippen molar-refractivity contribution in [3.05, 3.63) is 41.4 Å². The normalized spacial score (nSPS) is 21.9. The van der Waals surface area contributed by atoms with Gasteiger partial charge in [-0.1, -0.05) is 6.92 Å². The van der Waals surface area contributed by atoms with E-state index >= 15 is 0 Å². The Balaban J connectivity index is 1.47. The van der Waals surface area contributed by atoms with Crippen molar-refractivity contribution < 1.29 is 9.21 Å². The molecule has 2 saturated heterocycles. The van der Waals surface area contributed by atoms with Gasteiger partial charge in [0.25, 0.3) is 5.91 Å². The van der Waals surface area contributed by atoms with Gasteiger partial charge in [-0.3, -0.25) is 4.79 Å². The lowest BCUT2D eigenvalue weighted by Crippen LogP contribution is -2.39. The van der Waals surface area contributed by atoms with Crippen molar-refractivity contribution in [2.24, 2.45) is 5.73 Å². The molecule has 0 spiro atoms. The van der Waals surface area contributed by atoms with Gasteiger partial charge >= 0.3 is 0 Å². The highest BCUT2D eigenvalue weighted by Crippen LogP contribution is 2.33. The van der Waals surface area contributed by atoms with Crippen LogP contribution in [0.5, 0.6) is 0 Å². The summed E-state index contributed by atoms with van der Waals surface area (Å²) in [5, 5.41) is 4.81. The van der Waals surface area contributed by atoms with Crippen LogP contribution in [0.3, 0.4) is 0 Å². The molecule has 2 N–H and O–H groups in total. The average molecular weight is 424 g/mol. The molecule has 5 heterocycles. The van der Waals surface area contributed by atoms with Crippen molar-refractivity contribution in [2.45, 2.75) is 58.0 Å². The average Bonchev–Trinajstić information content (AvgIpc) is 3.51. The maximum Gasteiger partial charge on any atom is 0.276 e. The van der Waals surface area contributed by atoms with Gasteiger partial charge in [0.05, 0.1) is 11.7 Å². The van der Waals surface area contributed by atoms with Crippen LogP contribution in [0.1, 0.15) is 66.2 Å². The molecule has 0 aliphatic carbocycles. The van der Waals surface area contributed by atoms with Gasteiger partial charge in [0, 0.05) is 49.9 Å². The zero-order chi connectivity index (χ0) is 21.5. The summed E-state index contributed by atoms with van der Waals surface area (Å²) < 4.78 is 7.22. The number of anilines is 1. The molecule has 0 radical (unpaired) electrons. The monoisotopic (exact) mass is 423 g/mol. The first-order valence-corrected chi connectivity index (χ1v) is 11.2. The molecule has 1 amide bonds. The van der Waals surface area contributed by atoms with Crippen molar-refractivity contribution in [1.29, 1.82) is 0 Å². The number of oxazole rings is 1. The molecule has 0 bridgehead atoms. The van der Waals surface area contributed by atoms with Gasteiger partial charge in [-0.05, 0) is 32.6 Å². The molecule has 164 valence electrons. The van der Waals surface area contributed by atoms with Gasteiger partial charge in [0.2, 0.25) is 0 Å². The Morgan fingerprint density at radius 1 is 1.29 bits per heavy atom. The van der Waals surface area contributed by atoms with E-state index in [1.807, 2.05) is 28.6 Å². The number of carbonyl (C=O) groups is 1. The first kappa shape index (κ1) is 20.0. The van der Waals surface area contributed by atoms with Crippen LogP contribution < -0.4 is 10.6 Å². The van der Waals surface area contributed by atoms with Crippen molar-refractivity contribution in [1.82, 2.24) is 24.5 Å². The van der Waals surface area contributed by atoms with E-state index in [1.54, 1.807) is 0 Å². The van der Waals surface area contributed by atoms with Gasteiger partial charge in [-0.25, -0.2) is 14.5 Å². The molecular formula is C22H29N7O2. The van der Waals surface area contributed by atoms with E-state index in [-0.39, 0.29) is 18.0 Å². The van der Waals surface area contributed by atoms with Crippen LogP contribution in [0.15, 0.2) is 23.1 Å². The van der Waals surface area contributed by atoms with E-state index in [1.165, 1.54) is 6.39 Å². The summed E-state index contributed by atoms with van der Waals surface area (Å²) in [6.45, 7) is 6.46. The summed E-state index contributed by atoms with van der Waals surface area (Å²) in [4.78, 5) is 26.5. The molecule has 31 heavy (non-hydrogen) atoms. The zero-order valence-corrected chi connectivity index (χ0v) is 18.1. The second-order valence-corrected chi connectivity index (χ2v) is 8.60. The SMILES string of the molecule is CCc1ocnc1C(=O)N1CCCC[C@H]1c1cc2nc(N3CC[C@H](N)C3)c(C)cn2n1. The smallest absolute Gasteiger partial charge is 0.276 e. The van der Waals surface area contributed by atoms with Crippen molar-refractivity contribution in [3.8, 4) is 0 Å². The standard InChI is InChI=1S/C22H29N7O2/c1-3-18-20(24-13-31-18)22(30)28-8-5-4-6-17(28)16-10-19-25-21(14(2)11-29(19)26-16)27-9-7-15(23)12-27/h10-11,13,15,17H,3-9,12,23H2,1-2H3/t15-,17-/m0/s1. The molecule has 2 atom stereocenters. The number of aryl methyl sites for hydroxylation is 2. The van der Waals surface area contributed by atoms with Crippen LogP contribution in [0.25, 0.3) is 5.65 Å². The topological polar surface area (TPSA) is 106 Å². The summed E-state index contributed by atoms with van der Waals surface area (Å²) in [5.41, 5.74) is 9.25. The maximum atomic E-state index is 13.3. The minimum Gasteiger partial charge on any atom is -0.448 e. The quantitative estimate of drug-likeness (QED) is 0.687. The van der Waals surface area contributed by atoms with Gasteiger partial charge < -0.3 is 20.0 Å². The van der Waals surface area contributed by atoms with E-state index in [4.69, 9.17) is 20.2 Å². The van der Waals surface area contributed by atoms with Crippen molar-refractivity contribution in [2.75, 3.05) is 24.5 Å². The molecule has 9 heteroatoms. The highest BCUT2D eigenvalue weighted by Gasteiger charge is 2.33. The largest absolute Gasteiger partial charge is 0.448 e. The minimum absolute atomic E-state index is 0.0803. The van der Waals surface area contributed by atoms with Crippen molar-refractivity contribution >= 4 is 17.4 Å². The van der Waals surface area contributed by atoms with Crippen LogP contribution in [0, 0.1) is 6.92 Å². The van der Waals surface area contributed by atoms with Gasteiger partial charge in [-0.15, -0.1) is 0 Å². The Bertz CT molecular complexity index is 1100. The zero-order valence-electron chi connectivity index (χ0n) is 18.1. The van der Waals surface area contributed by atoms with Crippen LogP contribution >= 0.6 is 0 Å². The Morgan fingerprint density at radius 2 is 2.16 bits per heavy atom. The molecule has 0 saturated carbocycles. The Labute approximate surface area is 181 Å². The number of carbonyl (C=O) groups excluding carboxylic acids is 1. The highest BCUT2D eigenvalue weighted by atomic mass is 16.3. The van der Waals surface area contributed by atoms with Crippen LogP contribution in [0.2, 0.25) is 0 Å². The van der Waals surface area contributed by atoms with E-state index in [9.17, 15) is 4.79 Å². The summed E-state index contributed by atoms with van der Waals surface area (Å²) in [7, 11) is 0. The third kappa shape index (κ3) is 3.56. The fraction of sp³-hybridized carbons (Fsp3) is 0.545. The van der Waals surface area contributed by atoms with Crippen LogP contribution in [0.4, 0.5) is 5.82 Å². The summed E-state index contributed by atoms with van der Waals surface area (Å²) >= 11 is 0. The summed E-state index contributed by atoms with van der Waals surface area (Å²) in [5.74, 6) is 1.52. The molecular weight excluding hydrogens is 394 g/mol. The predicted molar refractivity (Wildman–Crippen MR) is 116 cm³/mol. The lowest BCUT2D eigenvalue weighted by Gasteiger charge is -2.34. The molecule has 2 aliphatic rings. The number of piperidine rings is 1. The first-order chi connectivity index (χ1) is 15.0. The van der Waals surface area contributed by atoms with E-state index in [0.29, 0.717) is 24.4 Å². The van der Waals surface area contributed by atoms with Crippen LogP contribution in [-0.2, 0) is 6.42 Å². The lowest BCUT2D eigenvalue weighted by atomic mass is 9.98.